The van der Waals surface area contributed by atoms with Crippen LogP contribution in [-0.4, -0.2) is 51.7 Å². The SMILES string of the molecule is CC[C@@]1(O)C(=O)OCc2c1cc1n(c2=O)Cc2c-1nc1ccccc1c2/C=N\OCCNC(=O)OC(C)(C)C. The summed E-state index contributed by atoms with van der Waals surface area (Å²) in [5.41, 5.74) is 0.958. The smallest absolute Gasteiger partial charge is 0.407 e. The molecule has 2 N–H and O–H groups in total. The number of oxime groups is 1. The average molecular weight is 535 g/mol. The number of nitrogens with zero attached hydrogens (tertiary/aromatic N) is 3. The lowest BCUT2D eigenvalue weighted by atomic mass is 9.86. The Labute approximate surface area is 224 Å². The van der Waals surface area contributed by atoms with Gasteiger partial charge in [0, 0.05) is 22.1 Å². The van der Waals surface area contributed by atoms with E-state index in [-0.39, 0.29) is 49.4 Å². The van der Waals surface area contributed by atoms with Crippen molar-refractivity contribution in [1.82, 2.24) is 14.9 Å². The molecule has 0 unspecified atom stereocenters. The van der Waals surface area contributed by atoms with Gasteiger partial charge in [0.05, 0.1) is 41.8 Å². The number of rotatable bonds is 6. The summed E-state index contributed by atoms with van der Waals surface area (Å²) in [5.74, 6) is -0.766. The predicted octanol–water partition coefficient (Wildman–Crippen LogP) is 2.95. The van der Waals surface area contributed by atoms with E-state index >= 15 is 0 Å². The van der Waals surface area contributed by atoms with E-state index in [1.807, 2.05) is 24.3 Å². The first-order valence-electron chi connectivity index (χ1n) is 12.7. The number of ether oxygens (including phenoxy) is 2. The number of carbonyl (C=O) groups is 2. The summed E-state index contributed by atoms with van der Waals surface area (Å²) >= 11 is 0. The summed E-state index contributed by atoms with van der Waals surface area (Å²) in [6, 6.07) is 9.19. The standard InChI is InChI=1S/C28H30N4O7/c1-5-28(36)20-12-22-23-18(14-32(22)24(33)19(20)15-37-25(28)34)17(16-8-6-7-9-21(16)31-23)13-30-38-11-10-29-26(35)39-27(2,3)4/h6-9,12-13,36H,5,10-11,14-15H2,1-4H3,(H,29,35)/b30-13-/t28-/m0/s1. The van der Waals surface area contributed by atoms with E-state index in [0.717, 1.165) is 16.5 Å². The molecule has 2 aliphatic heterocycles. The fourth-order valence-electron chi connectivity index (χ4n) is 4.86. The maximum atomic E-state index is 13.5. The Hall–Kier alpha value is -4.25. The van der Waals surface area contributed by atoms with E-state index in [9.17, 15) is 19.5 Å². The molecule has 0 bridgehead atoms. The molecule has 0 aliphatic carbocycles. The number of carbonyl (C=O) groups excluding carboxylic acids is 2. The molecule has 1 aromatic carbocycles. The Kier molecular flexibility index (Phi) is 6.63. The fourth-order valence-corrected chi connectivity index (χ4v) is 4.86. The number of pyridine rings is 2. The number of hydrogen-bond acceptors (Lipinski definition) is 9. The molecule has 2 aliphatic rings. The third kappa shape index (κ3) is 4.74. The van der Waals surface area contributed by atoms with Crippen LogP contribution in [0.5, 0.6) is 0 Å². The van der Waals surface area contributed by atoms with Gasteiger partial charge in [-0.3, -0.25) is 4.79 Å². The van der Waals surface area contributed by atoms with Gasteiger partial charge < -0.3 is 29.3 Å². The van der Waals surface area contributed by atoms with E-state index in [0.29, 0.717) is 16.9 Å². The largest absolute Gasteiger partial charge is 0.458 e. The maximum absolute atomic E-state index is 13.5. The summed E-state index contributed by atoms with van der Waals surface area (Å²) in [6.45, 7) is 7.37. The van der Waals surface area contributed by atoms with E-state index in [1.54, 1.807) is 44.5 Å². The number of nitrogens with one attached hydrogen (secondary N) is 1. The number of hydrogen-bond donors (Lipinski definition) is 2. The summed E-state index contributed by atoms with van der Waals surface area (Å²) in [6.07, 6.45) is 1.10. The summed E-state index contributed by atoms with van der Waals surface area (Å²) in [5, 5.41) is 18.6. The molecule has 0 fully saturated rings. The first-order chi connectivity index (χ1) is 18.5. The third-order valence-electron chi connectivity index (χ3n) is 6.76. The zero-order valence-electron chi connectivity index (χ0n) is 22.2. The topological polar surface area (TPSA) is 141 Å². The molecule has 1 amide bonds. The van der Waals surface area contributed by atoms with Crippen molar-refractivity contribution in [2.75, 3.05) is 13.2 Å². The number of alkyl carbamates (subject to hydrolysis) is 1. The van der Waals surface area contributed by atoms with Gasteiger partial charge in [-0.1, -0.05) is 30.3 Å². The van der Waals surface area contributed by atoms with Crippen LogP contribution in [0.25, 0.3) is 22.3 Å². The van der Waals surface area contributed by atoms with Crippen molar-refractivity contribution in [3.63, 3.8) is 0 Å². The second-order valence-electron chi connectivity index (χ2n) is 10.5. The van der Waals surface area contributed by atoms with Gasteiger partial charge in [-0.2, -0.15) is 0 Å². The quantitative estimate of drug-likeness (QED) is 0.166. The van der Waals surface area contributed by atoms with Crippen molar-refractivity contribution < 1.29 is 29.0 Å². The Morgan fingerprint density at radius 1 is 1.28 bits per heavy atom. The van der Waals surface area contributed by atoms with Crippen LogP contribution in [0, 0.1) is 0 Å². The number of amides is 1. The van der Waals surface area contributed by atoms with Crippen LogP contribution < -0.4 is 10.9 Å². The molecule has 3 aromatic rings. The molecular formula is C28H30N4O7. The minimum Gasteiger partial charge on any atom is -0.458 e. The monoisotopic (exact) mass is 534 g/mol. The second kappa shape index (κ2) is 9.81. The van der Waals surface area contributed by atoms with Crippen LogP contribution in [0.15, 0.2) is 40.3 Å². The van der Waals surface area contributed by atoms with Crippen molar-refractivity contribution in [2.24, 2.45) is 5.16 Å². The average Bonchev–Trinajstić information content (AvgIpc) is 3.25. The Bertz CT molecular complexity index is 1570. The molecule has 11 heteroatoms. The van der Waals surface area contributed by atoms with Gasteiger partial charge >= 0.3 is 12.1 Å². The van der Waals surface area contributed by atoms with Crippen LogP contribution in [0.1, 0.15) is 56.4 Å². The molecule has 4 heterocycles. The van der Waals surface area contributed by atoms with E-state index < -0.39 is 23.3 Å². The van der Waals surface area contributed by atoms with Crippen LogP contribution in [0.2, 0.25) is 0 Å². The molecule has 204 valence electrons. The second-order valence-corrected chi connectivity index (χ2v) is 10.5. The number of aromatic nitrogens is 2. The first kappa shape index (κ1) is 26.4. The van der Waals surface area contributed by atoms with Gasteiger partial charge in [-0.15, -0.1) is 0 Å². The van der Waals surface area contributed by atoms with Crippen LogP contribution in [0.4, 0.5) is 4.79 Å². The van der Waals surface area contributed by atoms with Crippen LogP contribution >= 0.6 is 0 Å². The summed E-state index contributed by atoms with van der Waals surface area (Å²) < 4.78 is 11.9. The summed E-state index contributed by atoms with van der Waals surface area (Å²) in [4.78, 5) is 47.9. The zero-order chi connectivity index (χ0) is 27.9. The van der Waals surface area contributed by atoms with Gasteiger partial charge in [0.2, 0.25) is 0 Å². The zero-order valence-corrected chi connectivity index (χ0v) is 22.2. The normalized spacial score (nSPS) is 17.9. The van der Waals surface area contributed by atoms with Gasteiger partial charge in [-0.05, 0) is 39.3 Å². The minimum absolute atomic E-state index is 0.0672. The Morgan fingerprint density at radius 2 is 2.05 bits per heavy atom. The van der Waals surface area contributed by atoms with Crippen molar-refractivity contribution in [3.05, 3.63) is 62.9 Å². The molecule has 11 nitrogen and oxygen atoms in total. The molecule has 0 radical (unpaired) electrons. The highest BCUT2D eigenvalue weighted by Gasteiger charge is 2.45. The molecule has 0 spiro atoms. The van der Waals surface area contributed by atoms with E-state index in [2.05, 4.69) is 10.5 Å². The lowest BCUT2D eigenvalue weighted by molar-refractivity contribution is -0.172. The van der Waals surface area contributed by atoms with Gasteiger partial charge in [0.25, 0.3) is 5.56 Å². The molecule has 0 saturated carbocycles. The highest BCUT2D eigenvalue weighted by Crippen LogP contribution is 2.39. The lowest BCUT2D eigenvalue weighted by Gasteiger charge is -2.31. The number of benzene rings is 1. The predicted molar refractivity (Wildman–Crippen MR) is 142 cm³/mol. The molecule has 2 aromatic heterocycles. The molecule has 39 heavy (non-hydrogen) atoms. The van der Waals surface area contributed by atoms with Gasteiger partial charge in [0.15, 0.2) is 5.60 Å². The minimum atomic E-state index is -1.90. The van der Waals surface area contributed by atoms with Crippen LogP contribution in [0.3, 0.4) is 0 Å². The Balaban J connectivity index is 1.47. The molecule has 0 saturated heterocycles. The first-order valence-corrected chi connectivity index (χ1v) is 12.7. The van der Waals surface area contributed by atoms with Crippen molar-refractivity contribution >= 4 is 29.2 Å². The van der Waals surface area contributed by atoms with Crippen molar-refractivity contribution in [3.8, 4) is 11.4 Å². The van der Waals surface area contributed by atoms with E-state index in [1.165, 1.54) is 0 Å². The van der Waals surface area contributed by atoms with Gasteiger partial charge in [0.1, 0.15) is 18.8 Å². The molecule has 1 atom stereocenters. The van der Waals surface area contributed by atoms with E-state index in [4.69, 9.17) is 19.3 Å². The molecular weight excluding hydrogens is 504 g/mol. The highest BCUT2D eigenvalue weighted by molar-refractivity contribution is 6.02. The fraction of sp³-hybridized carbons (Fsp3) is 0.393. The summed E-state index contributed by atoms with van der Waals surface area (Å²) in [7, 11) is 0. The van der Waals surface area contributed by atoms with Crippen molar-refractivity contribution in [2.45, 2.75) is 58.5 Å². The van der Waals surface area contributed by atoms with Crippen LogP contribution in [-0.2, 0) is 37.9 Å². The lowest BCUT2D eigenvalue weighted by Crippen LogP contribution is -2.44. The third-order valence-corrected chi connectivity index (χ3v) is 6.76. The number of fused-ring (bicyclic) bond motifs is 5. The molecule has 5 rings (SSSR count). The van der Waals surface area contributed by atoms with Crippen molar-refractivity contribution in [1.29, 1.82) is 0 Å². The van der Waals surface area contributed by atoms with Gasteiger partial charge in [-0.25, -0.2) is 14.6 Å². The number of para-hydroxylation sites is 1. The number of esters is 1. The maximum Gasteiger partial charge on any atom is 0.407 e. The number of aliphatic hydroxyl groups is 1. The highest BCUT2D eigenvalue weighted by atomic mass is 16.6. The Morgan fingerprint density at radius 3 is 2.79 bits per heavy atom. The number of cyclic esters (lactones) is 1.